The van der Waals surface area contributed by atoms with Crippen molar-refractivity contribution in [3.63, 3.8) is 0 Å². The number of fused-ring (bicyclic) bond motifs is 1. The SMILES string of the molecule is O=C(CN(C(=O)c1ccc(Cl)cc1)N1C(=O)c2ccccc2C1=O)c1ccc(OC(=O)c2ccco2)cc1. The molecule has 10 heteroatoms. The van der Waals surface area contributed by atoms with E-state index in [1.807, 2.05) is 0 Å². The Hall–Kier alpha value is -5.02. The molecule has 1 aliphatic heterocycles. The zero-order valence-corrected chi connectivity index (χ0v) is 20.3. The molecule has 9 nitrogen and oxygen atoms in total. The molecule has 0 saturated carbocycles. The molecular formula is C28H17ClN2O7. The summed E-state index contributed by atoms with van der Waals surface area (Å²) in [4.78, 5) is 65.0. The van der Waals surface area contributed by atoms with Crippen molar-refractivity contribution < 1.29 is 33.1 Å². The number of ketones is 1. The number of nitrogens with zero attached hydrogens (tertiary/aromatic N) is 2. The minimum atomic E-state index is -0.742. The number of imide groups is 1. The molecule has 3 aromatic carbocycles. The number of esters is 1. The molecule has 1 aromatic heterocycles. The fourth-order valence-electron chi connectivity index (χ4n) is 3.86. The molecule has 5 rings (SSSR count). The van der Waals surface area contributed by atoms with E-state index in [0.717, 1.165) is 5.01 Å². The molecule has 0 radical (unpaired) electrons. The second-order valence-electron chi connectivity index (χ2n) is 8.15. The molecule has 2 heterocycles. The van der Waals surface area contributed by atoms with Gasteiger partial charge in [-0.3, -0.25) is 19.2 Å². The molecule has 0 spiro atoms. The maximum atomic E-state index is 13.5. The fraction of sp³-hybridized carbons (Fsp3) is 0.0357. The van der Waals surface area contributed by atoms with Gasteiger partial charge in [-0.2, -0.15) is 5.01 Å². The van der Waals surface area contributed by atoms with E-state index < -0.39 is 36.0 Å². The van der Waals surface area contributed by atoms with E-state index in [0.29, 0.717) is 10.0 Å². The van der Waals surface area contributed by atoms with E-state index in [-0.39, 0.29) is 33.8 Å². The Morgan fingerprint density at radius 3 is 1.97 bits per heavy atom. The number of hydrogen-bond donors (Lipinski definition) is 0. The lowest BCUT2D eigenvalue weighted by molar-refractivity contribution is 0.00531. The lowest BCUT2D eigenvalue weighted by Crippen LogP contribution is -2.51. The molecule has 0 N–H and O–H groups in total. The maximum Gasteiger partial charge on any atom is 0.379 e. The van der Waals surface area contributed by atoms with E-state index in [4.69, 9.17) is 20.8 Å². The monoisotopic (exact) mass is 528 g/mol. The van der Waals surface area contributed by atoms with Crippen LogP contribution < -0.4 is 4.74 Å². The van der Waals surface area contributed by atoms with Crippen LogP contribution >= 0.6 is 11.6 Å². The summed E-state index contributed by atoms with van der Waals surface area (Å²) in [5.74, 6) is -3.28. The number of furan rings is 1. The minimum absolute atomic E-state index is 0.0162. The highest BCUT2D eigenvalue weighted by Gasteiger charge is 2.42. The standard InChI is InChI=1S/C28H17ClN2O7/c29-19-11-7-18(8-12-19)25(33)30(31-26(34)21-4-1-2-5-22(21)27(31)35)16-23(32)17-9-13-20(14-10-17)38-28(36)24-6-3-15-37-24/h1-15H,16H2. The van der Waals surface area contributed by atoms with Gasteiger partial charge in [-0.05, 0) is 72.8 Å². The fourth-order valence-corrected chi connectivity index (χ4v) is 3.98. The number of hydrazine groups is 1. The van der Waals surface area contributed by atoms with Crippen molar-refractivity contribution in [2.75, 3.05) is 6.54 Å². The Labute approximate surface area is 220 Å². The summed E-state index contributed by atoms with van der Waals surface area (Å²) in [7, 11) is 0. The zero-order valence-electron chi connectivity index (χ0n) is 19.5. The summed E-state index contributed by atoms with van der Waals surface area (Å²) in [6, 6.07) is 20.6. The van der Waals surface area contributed by atoms with Crippen LogP contribution in [0.1, 0.15) is 52.0 Å². The van der Waals surface area contributed by atoms with E-state index in [1.54, 1.807) is 18.2 Å². The average molecular weight is 529 g/mol. The van der Waals surface area contributed by atoms with Crippen LogP contribution in [-0.4, -0.2) is 46.0 Å². The Morgan fingerprint density at radius 2 is 1.39 bits per heavy atom. The Bertz CT molecular complexity index is 1530. The van der Waals surface area contributed by atoms with Gasteiger partial charge in [0.05, 0.1) is 17.4 Å². The third kappa shape index (κ3) is 4.70. The molecule has 0 unspecified atom stereocenters. The van der Waals surface area contributed by atoms with Gasteiger partial charge in [0.25, 0.3) is 17.7 Å². The van der Waals surface area contributed by atoms with Gasteiger partial charge in [0.2, 0.25) is 5.76 Å². The molecular weight excluding hydrogens is 512 g/mol. The smallest absolute Gasteiger partial charge is 0.379 e. The van der Waals surface area contributed by atoms with E-state index in [2.05, 4.69) is 0 Å². The first-order valence-corrected chi connectivity index (χ1v) is 11.7. The van der Waals surface area contributed by atoms with Gasteiger partial charge in [-0.1, -0.05) is 23.7 Å². The van der Waals surface area contributed by atoms with Crippen LogP contribution in [0, 0.1) is 0 Å². The van der Waals surface area contributed by atoms with E-state index in [1.165, 1.54) is 73.0 Å². The lowest BCUT2D eigenvalue weighted by Gasteiger charge is -2.29. The maximum absolute atomic E-state index is 13.5. The first kappa shape index (κ1) is 24.7. The van der Waals surface area contributed by atoms with Crippen molar-refractivity contribution in [1.82, 2.24) is 10.0 Å². The van der Waals surface area contributed by atoms with Gasteiger partial charge in [0, 0.05) is 16.1 Å². The van der Waals surface area contributed by atoms with Gasteiger partial charge >= 0.3 is 5.97 Å². The Morgan fingerprint density at radius 1 is 0.789 bits per heavy atom. The van der Waals surface area contributed by atoms with Crippen LogP contribution in [0.15, 0.2) is 95.6 Å². The number of benzene rings is 3. The molecule has 0 aliphatic carbocycles. The molecule has 3 amide bonds. The van der Waals surface area contributed by atoms with Crippen LogP contribution in [-0.2, 0) is 0 Å². The number of rotatable bonds is 7. The van der Waals surface area contributed by atoms with Crippen molar-refractivity contribution in [2.24, 2.45) is 0 Å². The number of ether oxygens (including phenoxy) is 1. The summed E-state index contributed by atoms with van der Waals surface area (Å²) in [6.45, 7) is -0.613. The molecule has 1 aliphatic rings. The number of carbonyl (C=O) groups is 5. The van der Waals surface area contributed by atoms with Gasteiger partial charge < -0.3 is 9.15 Å². The predicted octanol–water partition coefficient (Wildman–Crippen LogP) is 4.69. The topological polar surface area (TPSA) is 114 Å². The summed E-state index contributed by atoms with van der Waals surface area (Å²) >= 11 is 5.93. The summed E-state index contributed by atoms with van der Waals surface area (Å²) in [5, 5.41) is 1.89. The van der Waals surface area contributed by atoms with Crippen molar-refractivity contribution in [3.05, 3.63) is 124 Å². The normalized spacial score (nSPS) is 12.3. The summed E-state index contributed by atoms with van der Waals surface area (Å²) in [5.41, 5.74) is 0.537. The lowest BCUT2D eigenvalue weighted by atomic mass is 10.1. The third-order valence-electron chi connectivity index (χ3n) is 5.74. The minimum Gasteiger partial charge on any atom is -0.457 e. The Kier molecular flexibility index (Phi) is 6.59. The molecule has 38 heavy (non-hydrogen) atoms. The molecule has 4 aromatic rings. The average Bonchev–Trinajstić information content (AvgIpc) is 3.56. The summed E-state index contributed by atoms with van der Waals surface area (Å²) in [6.07, 6.45) is 1.34. The number of halogens is 1. The number of hydrogen-bond acceptors (Lipinski definition) is 7. The largest absolute Gasteiger partial charge is 0.457 e. The molecule has 0 bridgehead atoms. The number of Topliss-reactive ketones (excluding diaryl/α,β-unsaturated/α-hetero) is 1. The van der Waals surface area contributed by atoms with Gasteiger partial charge in [0.1, 0.15) is 12.3 Å². The quantitative estimate of drug-likeness (QED) is 0.148. The van der Waals surface area contributed by atoms with E-state index >= 15 is 0 Å². The van der Waals surface area contributed by atoms with Gasteiger partial charge in [0.15, 0.2) is 5.78 Å². The second kappa shape index (κ2) is 10.2. The zero-order chi connectivity index (χ0) is 26.8. The first-order valence-electron chi connectivity index (χ1n) is 11.3. The van der Waals surface area contributed by atoms with Crippen LogP contribution in [0.25, 0.3) is 0 Å². The predicted molar refractivity (Wildman–Crippen MR) is 134 cm³/mol. The van der Waals surface area contributed by atoms with Crippen LogP contribution in [0.4, 0.5) is 0 Å². The van der Waals surface area contributed by atoms with Crippen LogP contribution in [0.5, 0.6) is 5.75 Å². The van der Waals surface area contributed by atoms with E-state index in [9.17, 15) is 24.0 Å². The molecule has 0 atom stereocenters. The Balaban J connectivity index is 1.40. The number of carbonyl (C=O) groups excluding carboxylic acids is 5. The van der Waals surface area contributed by atoms with Crippen LogP contribution in [0.2, 0.25) is 5.02 Å². The van der Waals surface area contributed by atoms with Crippen molar-refractivity contribution in [1.29, 1.82) is 0 Å². The van der Waals surface area contributed by atoms with Gasteiger partial charge in [-0.25, -0.2) is 9.80 Å². The molecule has 188 valence electrons. The molecule has 0 fully saturated rings. The second-order valence-corrected chi connectivity index (χ2v) is 8.59. The highest BCUT2D eigenvalue weighted by Crippen LogP contribution is 2.26. The highest BCUT2D eigenvalue weighted by atomic mass is 35.5. The van der Waals surface area contributed by atoms with Crippen molar-refractivity contribution in [2.45, 2.75) is 0 Å². The third-order valence-corrected chi connectivity index (χ3v) is 5.99. The number of amides is 3. The van der Waals surface area contributed by atoms with Crippen molar-refractivity contribution >= 4 is 41.1 Å². The van der Waals surface area contributed by atoms with Crippen molar-refractivity contribution in [3.8, 4) is 5.75 Å². The first-order chi connectivity index (χ1) is 18.3. The van der Waals surface area contributed by atoms with Crippen LogP contribution in [0.3, 0.4) is 0 Å². The van der Waals surface area contributed by atoms with Gasteiger partial charge in [-0.15, -0.1) is 0 Å². The highest BCUT2D eigenvalue weighted by molar-refractivity contribution is 6.30. The molecule has 0 saturated heterocycles. The summed E-state index contributed by atoms with van der Waals surface area (Å²) < 4.78 is 10.2.